The predicted octanol–water partition coefficient (Wildman–Crippen LogP) is 0.814. The highest BCUT2D eigenvalue weighted by atomic mass is 16.6. The maximum absolute atomic E-state index is 10.8. The Hall–Kier alpha value is -0.640. The Balaban J connectivity index is 2.25. The molecule has 2 saturated carbocycles. The van der Waals surface area contributed by atoms with Crippen molar-refractivity contribution in [3.8, 4) is 0 Å². The van der Waals surface area contributed by atoms with Crippen molar-refractivity contribution in [3.63, 3.8) is 0 Å². The van der Waals surface area contributed by atoms with Gasteiger partial charge in [-0.05, 0) is 25.2 Å². The lowest BCUT2D eigenvalue weighted by atomic mass is 9.82. The van der Waals surface area contributed by atoms with Crippen LogP contribution >= 0.6 is 0 Å². The second-order valence-corrected chi connectivity index (χ2v) is 4.10. The van der Waals surface area contributed by atoms with Crippen molar-refractivity contribution in [1.29, 1.82) is 0 Å². The molecular formula is C8H13NO3. The molecule has 2 rings (SSSR count). The predicted molar refractivity (Wildman–Crippen MR) is 42.3 cm³/mol. The van der Waals surface area contributed by atoms with Gasteiger partial charge in [-0.15, -0.1) is 0 Å². The molecule has 0 aromatic rings. The molecule has 0 radical (unpaired) electrons. The maximum Gasteiger partial charge on any atom is 0.247 e. The Bertz CT molecular complexity index is 218. The third kappa shape index (κ3) is 0.813. The number of rotatable bonds is 2. The second-order valence-electron chi connectivity index (χ2n) is 4.10. The zero-order valence-corrected chi connectivity index (χ0v) is 6.90. The van der Waals surface area contributed by atoms with Gasteiger partial charge >= 0.3 is 0 Å². The van der Waals surface area contributed by atoms with Gasteiger partial charge in [0.15, 0.2) is 0 Å². The molecule has 0 aliphatic heterocycles. The third-order valence-corrected chi connectivity index (χ3v) is 3.58. The van der Waals surface area contributed by atoms with E-state index in [1.54, 1.807) is 0 Å². The minimum atomic E-state index is -0.969. The van der Waals surface area contributed by atoms with Crippen molar-refractivity contribution in [2.24, 2.45) is 11.8 Å². The number of hydrogen-bond acceptors (Lipinski definition) is 3. The molecule has 2 fully saturated rings. The van der Waals surface area contributed by atoms with Gasteiger partial charge in [-0.25, -0.2) is 0 Å². The van der Waals surface area contributed by atoms with Crippen LogP contribution in [0, 0.1) is 22.0 Å². The summed E-state index contributed by atoms with van der Waals surface area (Å²) in [5, 5.41) is 19.9. The highest BCUT2D eigenvalue weighted by molar-refractivity contribution is 5.01. The largest absolute Gasteiger partial charge is 0.389 e. The van der Waals surface area contributed by atoms with Gasteiger partial charge in [0.2, 0.25) is 5.54 Å². The maximum atomic E-state index is 10.8. The minimum absolute atomic E-state index is 0.141. The molecule has 4 heteroatoms. The van der Waals surface area contributed by atoms with E-state index >= 15 is 0 Å². The minimum Gasteiger partial charge on any atom is -0.389 e. The first kappa shape index (κ1) is 7.98. The van der Waals surface area contributed by atoms with Crippen LogP contribution in [0.5, 0.6) is 0 Å². The smallest absolute Gasteiger partial charge is 0.247 e. The fourth-order valence-corrected chi connectivity index (χ4v) is 2.89. The van der Waals surface area contributed by atoms with Crippen LogP contribution in [0.15, 0.2) is 0 Å². The van der Waals surface area contributed by atoms with E-state index in [0.717, 1.165) is 19.3 Å². The third-order valence-electron chi connectivity index (χ3n) is 3.58. The molecule has 1 N–H and O–H groups in total. The highest BCUT2D eigenvalue weighted by Crippen LogP contribution is 2.51. The Morgan fingerprint density at radius 2 is 2.33 bits per heavy atom. The molecule has 3 unspecified atom stereocenters. The summed E-state index contributed by atoms with van der Waals surface area (Å²) in [5.41, 5.74) is -0.969. The van der Waals surface area contributed by atoms with E-state index in [0.29, 0.717) is 12.3 Å². The first-order valence-corrected chi connectivity index (χ1v) is 4.44. The van der Waals surface area contributed by atoms with E-state index in [1.165, 1.54) is 0 Å². The van der Waals surface area contributed by atoms with E-state index in [9.17, 15) is 10.1 Å². The zero-order valence-electron chi connectivity index (χ0n) is 6.90. The molecule has 0 heterocycles. The summed E-state index contributed by atoms with van der Waals surface area (Å²) in [7, 11) is 0. The van der Waals surface area contributed by atoms with Crippen molar-refractivity contribution in [1.82, 2.24) is 0 Å². The van der Waals surface area contributed by atoms with E-state index < -0.39 is 5.54 Å². The lowest BCUT2D eigenvalue weighted by Crippen LogP contribution is -2.46. The van der Waals surface area contributed by atoms with Crippen LogP contribution in [-0.2, 0) is 0 Å². The molecule has 0 aromatic heterocycles. The molecule has 2 aliphatic rings. The molecule has 2 aliphatic carbocycles. The lowest BCUT2D eigenvalue weighted by molar-refractivity contribution is -0.583. The summed E-state index contributed by atoms with van der Waals surface area (Å²) in [6.45, 7) is -0.277. The Kier molecular flexibility index (Phi) is 1.61. The Morgan fingerprint density at radius 3 is 2.58 bits per heavy atom. The van der Waals surface area contributed by atoms with Gasteiger partial charge in [0, 0.05) is 17.3 Å². The van der Waals surface area contributed by atoms with Crippen molar-refractivity contribution < 1.29 is 10.0 Å². The Labute approximate surface area is 70.7 Å². The van der Waals surface area contributed by atoms with Crippen molar-refractivity contribution in [2.75, 3.05) is 6.61 Å². The van der Waals surface area contributed by atoms with Crippen LogP contribution in [-0.4, -0.2) is 22.2 Å². The van der Waals surface area contributed by atoms with Gasteiger partial charge < -0.3 is 5.11 Å². The molecule has 0 saturated heterocycles. The van der Waals surface area contributed by atoms with E-state index in [1.807, 2.05) is 0 Å². The number of hydrogen-bond donors (Lipinski definition) is 1. The zero-order chi connectivity index (χ0) is 8.77. The summed E-state index contributed by atoms with van der Waals surface area (Å²) in [5.74, 6) is 0.648. The number of nitrogens with zero attached hydrogens (tertiary/aromatic N) is 1. The number of aliphatic hydroxyl groups excluding tert-OH is 1. The van der Waals surface area contributed by atoms with Gasteiger partial charge in [0.05, 0.1) is 0 Å². The van der Waals surface area contributed by atoms with Crippen LogP contribution in [0.4, 0.5) is 0 Å². The lowest BCUT2D eigenvalue weighted by Gasteiger charge is -2.26. The number of aliphatic hydroxyl groups is 1. The van der Waals surface area contributed by atoms with Crippen molar-refractivity contribution in [3.05, 3.63) is 10.1 Å². The van der Waals surface area contributed by atoms with E-state index in [4.69, 9.17) is 5.11 Å². The summed E-state index contributed by atoms with van der Waals surface area (Å²) < 4.78 is 0. The number of nitro groups is 1. The standard InChI is InChI=1S/C8H13NO3/c10-5-8(9(11)12)4-6-1-2-7(8)3-6/h6-7,10H,1-5H2. The summed E-state index contributed by atoms with van der Waals surface area (Å²) in [6, 6.07) is 0. The van der Waals surface area contributed by atoms with Gasteiger partial charge in [0.1, 0.15) is 6.61 Å². The first-order chi connectivity index (χ1) is 5.69. The molecule has 68 valence electrons. The van der Waals surface area contributed by atoms with Gasteiger partial charge in [0.25, 0.3) is 0 Å². The van der Waals surface area contributed by atoms with Crippen LogP contribution in [0.1, 0.15) is 25.7 Å². The Morgan fingerprint density at radius 1 is 1.58 bits per heavy atom. The summed E-state index contributed by atoms with van der Waals surface area (Å²) in [4.78, 5) is 10.5. The normalized spacial score (nSPS) is 45.1. The molecular weight excluding hydrogens is 158 g/mol. The van der Waals surface area contributed by atoms with Crippen LogP contribution in [0.3, 0.4) is 0 Å². The van der Waals surface area contributed by atoms with Crippen molar-refractivity contribution in [2.45, 2.75) is 31.2 Å². The molecule has 0 aromatic carbocycles. The molecule has 2 bridgehead atoms. The average molecular weight is 171 g/mol. The van der Waals surface area contributed by atoms with Crippen molar-refractivity contribution >= 4 is 0 Å². The quantitative estimate of drug-likeness (QED) is 0.494. The van der Waals surface area contributed by atoms with Crippen LogP contribution in [0.25, 0.3) is 0 Å². The summed E-state index contributed by atoms with van der Waals surface area (Å²) >= 11 is 0. The topological polar surface area (TPSA) is 63.4 Å². The van der Waals surface area contributed by atoms with E-state index in [-0.39, 0.29) is 17.4 Å². The molecule has 12 heavy (non-hydrogen) atoms. The van der Waals surface area contributed by atoms with Gasteiger partial charge in [-0.2, -0.15) is 0 Å². The SMILES string of the molecule is O=[N+]([O-])C1(CO)CC2CCC1C2. The second kappa shape index (κ2) is 2.42. The fourth-order valence-electron chi connectivity index (χ4n) is 2.89. The fraction of sp³-hybridized carbons (Fsp3) is 1.00. The molecule has 3 atom stereocenters. The summed E-state index contributed by atoms with van der Waals surface area (Å²) in [6.07, 6.45) is 3.62. The molecule has 0 amide bonds. The van der Waals surface area contributed by atoms with Gasteiger partial charge in [-0.3, -0.25) is 10.1 Å². The molecule has 0 spiro atoms. The highest BCUT2D eigenvalue weighted by Gasteiger charge is 2.59. The number of fused-ring (bicyclic) bond motifs is 2. The van der Waals surface area contributed by atoms with E-state index in [2.05, 4.69) is 0 Å². The average Bonchev–Trinajstić information content (AvgIpc) is 2.62. The first-order valence-electron chi connectivity index (χ1n) is 4.44. The van der Waals surface area contributed by atoms with Gasteiger partial charge in [-0.1, -0.05) is 0 Å². The monoisotopic (exact) mass is 171 g/mol. The van der Waals surface area contributed by atoms with Crippen LogP contribution < -0.4 is 0 Å². The molecule has 4 nitrogen and oxygen atoms in total. The van der Waals surface area contributed by atoms with Crippen LogP contribution in [0.2, 0.25) is 0 Å².